The fraction of sp³-hybridized carbons (Fsp3) is 0.739. The summed E-state index contributed by atoms with van der Waals surface area (Å²) in [6, 6.07) is 0. The second kappa shape index (κ2) is 13.6. The van der Waals surface area contributed by atoms with E-state index in [1.807, 2.05) is 0 Å². The minimum atomic E-state index is -0.295. The topological polar surface area (TPSA) is 88.1 Å². The van der Waals surface area contributed by atoms with Crippen LogP contribution in [0.2, 0.25) is 0 Å². The van der Waals surface area contributed by atoms with Gasteiger partial charge in [0.15, 0.2) is 11.2 Å². The molecule has 0 spiro atoms. The lowest BCUT2D eigenvalue weighted by Gasteiger charge is -2.13. The maximum Gasteiger partial charge on any atom is 0.332 e. The molecule has 0 radical (unpaired) electrons. The number of imidazole rings is 1. The van der Waals surface area contributed by atoms with Gasteiger partial charge in [-0.15, -0.1) is 0 Å². The van der Waals surface area contributed by atoms with Gasteiger partial charge < -0.3 is 9.30 Å². The Hall–Kier alpha value is -1.90. The van der Waals surface area contributed by atoms with Gasteiger partial charge in [0.2, 0.25) is 0 Å². The van der Waals surface area contributed by atoms with Gasteiger partial charge in [0.25, 0.3) is 5.56 Å². The molecule has 0 saturated heterocycles. The molecule has 0 saturated carbocycles. The quantitative estimate of drug-likeness (QED) is 0.204. The molecule has 2 aromatic rings. The highest BCUT2D eigenvalue weighted by Gasteiger charge is 2.14. The number of halogens is 1. The number of esters is 1. The van der Waals surface area contributed by atoms with E-state index in [9.17, 15) is 14.4 Å². The molecule has 0 N–H and O–H groups in total. The number of unbranched alkanes of at least 4 members (excludes halogenated alkanes) is 9. The molecule has 180 valence electrons. The molecule has 0 fully saturated rings. The van der Waals surface area contributed by atoms with Crippen molar-refractivity contribution in [1.29, 1.82) is 0 Å². The van der Waals surface area contributed by atoms with E-state index >= 15 is 0 Å². The van der Waals surface area contributed by atoms with Crippen LogP contribution in [0.1, 0.15) is 77.6 Å². The van der Waals surface area contributed by atoms with Crippen LogP contribution in [0, 0.1) is 0 Å². The van der Waals surface area contributed by atoms with Crippen molar-refractivity contribution in [3.8, 4) is 0 Å². The molecule has 2 heterocycles. The number of rotatable bonds is 15. The average molecular weight is 513 g/mol. The highest BCUT2D eigenvalue weighted by Crippen LogP contribution is 2.14. The van der Waals surface area contributed by atoms with Crippen molar-refractivity contribution < 1.29 is 9.53 Å². The van der Waals surface area contributed by atoms with Crippen molar-refractivity contribution in [3.05, 3.63) is 27.2 Å². The summed E-state index contributed by atoms with van der Waals surface area (Å²) in [5.41, 5.74) is 0.363. The van der Waals surface area contributed by atoms with E-state index in [-0.39, 0.29) is 23.3 Å². The third kappa shape index (κ3) is 7.60. The predicted octanol–water partition coefficient (Wildman–Crippen LogP) is 4.05. The fourth-order valence-corrected chi connectivity index (χ4v) is 4.51. The molecule has 0 aliphatic rings. The zero-order valence-corrected chi connectivity index (χ0v) is 21.2. The molecule has 0 aliphatic heterocycles. The first-order chi connectivity index (χ1) is 15.4. The highest BCUT2D eigenvalue weighted by atomic mass is 79.9. The summed E-state index contributed by atoms with van der Waals surface area (Å²) in [4.78, 5) is 40.3. The summed E-state index contributed by atoms with van der Waals surface area (Å²) in [5, 5.41) is 0.702. The summed E-state index contributed by atoms with van der Waals surface area (Å²) in [7, 11) is 3.43. The van der Waals surface area contributed by atoms with Crippen molar-refractivity contribution in [2.75, 3.05) is 5.33 Å². The number of alkyl halides is 1. The second-order valence-electron chi connectivity index (χ2n) is 8.54. The largest absolute Gasteiger partial charge is 0.462 e. The summed E-state index contributed by atoms with van der Waals surface area (Å²) >= 11 is 3.39. The third-order valence-corrected chi connectivity index (χ3v) is 6.59. The zero-order valence-electron chi connectivity index (χ0n) is 19.6. The van der Waals surface area contributed by atoms with Gasteiger partial charge in [-0.3, -0.25) is 18.7 Å². The summed E-state index contributed by atoms with van der Waals surface area (Å²) in [6.45, 7) is 1.91. The maximum absolute atomic E-state index is 12.7. The lowest BCUT2D eigenvalue weighted by Crippen LogP contribution is -2.39. The van der Waals surface area contributed by atoms with Crippen molar-refractivity contribution in [3.63, 3.8) is 0 Å². The molecule has 2 aromatic heterocycles. The first-order valence-electron chi connectivity index (χ1n) is 11.7. The number of nitrogens with zero attached hydrogens (tertiary/aromatic N) is 4. The number of fused-ring (bicyclic) bond motifs is 1. The van der Waals surface area contributed by atoms with E-state index in [0.29, 0.717) is 23.0 Å². The van der Waals surface area contributed by atoms with E-state index in [4.69, 9.17) is 4.74 Å². The Morgan fingerprint density at radius 2 is 1.56 bits per heavy atom. The molecular formula is C23H37BrN4O4. The minimum absolute atomic E-state index is 0.00499. The van der Waals surface area contributed by atoms with Crippen LogP contribution in [0.3, 0.4) is 0 Å². The van der Waals surface area contributed by atoms with E-state index in [1.54, 1.807) is 25.0 Å². The Bertz CT molecular complexity index is 979. The van der Waals surface area contributed by atoms with Crippen LogP contribution in [-0.4, -0.2) is 36.1 Å². The normalized spacial score (nSPS) is 12.4. The minimum Gasteiger partial charge on any atom is -0.462 e. The van der Waals surface area contributed by atoms with Gasteiger partial charge >= 0.3 is 11.7 Å². The maximum atomic E-state index is 12.7. The van der Waals surface area contributed by atoms with Gasteiger partial charge in [0, 0.05) is 32.9 Å². The second-order valence-corrected chi connectivity index (χ2v) is 9.18. The third-order valence-electron chi connectivity index (χ3n) is 5.86. The Morgan fingerprint density at radius 3 is 2.12 bits per heavy atom. The molecule has 0 aliphatic carbocycles. The van der Waals surface area contributed by atoms with E-state index < -0.39 is 0 Å². The number of hydrogen-bond acceptors (Lipinski definition) is 5. The van der Waals surface area contributed by atoms with Crippen LogP contribution in [-0.2, 0) is 30.2 Å². The van der Waals surface area contributed by atoms with Crippen molar-refractivity contribution in [1.82, 2.24) is 18.7 Å². The number of ether oxygens (including phenoxy) is 1. The Balaban J connectivity index is 1.56. The number of carbonyl (C=O) groups excluding carboxylic acids is 1. The molecule has 9 heteroatoms. The van der Waals surface area contributed by atoms with Crippen molar-refractivity contribution >= 4 is 33.1 Å². The average Bonchev–Trinajstić information content (AvgIpc) is 3.15. The zero-order chi connectivity index (χ0) is 23.5. The summed E-state index contributed by atoms with van der Waals surface area (Å²) in [5.74, 6) is -0.210. The number of aryl methyl sites for hydroxylation is 2. The lowest BCUT2D eigenvalue weighted by atomic mass is 10.0. The van der Waals surface area contributed by atoms with Crippen molar-refractivity contribution in [2.24, 2.45) is 14.1 Å². The molecule has 2 rings (SSSR count). The molecule has 8 nitrogen and oxygen atoms in total. The fourth-order valence-electron chi connectivity index (χ4n) is 4.05. The molecule has 1 unspecified atom stereocenters. The van der Waals surface area contributed by atoms with E-state index in [1.165, 1.54) is 54.6 Å². The SMILES string of the molecule is CC(=O)OC(CBr)CCCCCCCCCCCCn1c(=O)c2c(ncn2C)n(C)c1=O. The molecule has 0 aromatic carbocycles. The molecular weight excluding hydrogens is 476 g/mol. The van der Waals surface area contributed by atoms with E-state index in [2.05, 4.69) is 20.9 Å². The van der Waals surface area contributed by atoms with Gasteiger partial charge in [-0.25, -0.2) is 9.78 Å². The van der Waals surface area contributed by atoms with Crippen LogP contribution in [0.25, 0.3) is 11.2 Å². The Kier molecular flexibility index (Phi) is 11.2. The molecule has 32 heavy (non-hydrogen) atoms. The summed E-state index contributed by atoms with van der Waals surface area (Å²) < 4.78 is 9.70. The predicted molar refractivity (Wildman–Crippen MR) is 130 cm³/mol. The number of hydrogen-bond donors (Lipinski definition) is 0. The Labute approximate surface area is 198 Å². The first-order valence-corrected chi connectivity index (χ1v) is 12.8. The standard InChI is InChI=1S/C23H37BrN4O4/c1-18(29)32-19(16-24)14-12-10-8-6-4-5-7-9-11-13-15-28-22(30)20-21(25-17-26(20)2)27(3)23(28)31/h17,19H,4-16H2,1-3H3. The number of carbonyl (C=O) groups is 1. The van der Waals surface area contributed by atoms with Gasteiger partial charge in [0.05, 0.1) is 6.33 Å². The van der Waals surface area contributed by atoms with Crippen LogP contribution in [0.4, 0.5) is 0 Å². The molecule has 1 atom stereocenters. The smallest absolute Gasteiger partial charge is 0.332 e. The van der Waals surface area contributed by atoms with Gasteiger partial charge in [-0.2, -0.15) is 0 Å². The molecule has 0 amide bonds. The first kappa shape index (κ1) is 26.4. The van der Waals surface area contributed by atoms with Crippen LogP contribution >= 0.6 is 15.9 Å². The summed E-state index contributed by atoms with van der Waals surface area (Å²) in [6.07, 6.45) is 13.8. The van der Waals surface area contributed by atoms with Crippen LogP contribution in [0.15, 0.2) is 15.9 Å². The Morgan fingerprint density at radius 1 is 1.00 bits per heavy atom. The van der Waals surface area contributed by atoms with Crippen LogP contribution < -0.4 is 11.2 Å². The van der Waals surface area contributed by atoms with Gasteiger partial charge in [-0.05, 0) is 19.3 Å². The number of aromatic nitrogens is 4. The van der Waals surface area contributed by atoms with Gasteiger partial charge in [0.1, 0.15) is 6.10 Å². The molecule has 0 bridgehead atoms. The monoisotopic (exact) mass is 512 g/mol. The van der Waals surface area contributed by atoms with Crippen molar-refractivity contribution in [2.45, 2.75) is 90.2 Å². The van der Waals surface area contributed by atoms with Gasteiger partial charge in [-0.1, -0.05) is 67.3 Å². The van der Waals surface area contributed by atoms with E-state index in [0.717, 1.165) is 32.1 Å². The van der Waals surface area contributed by atoms with Crippen LogP contribution in [0.5, 0.6) is 0 Å². The lowest BCUT2D eigenvalue weighted by molar-refractivity contribution is -0.145. The highest BCUT2D eigenvalue weighted by molar-refractivity contribution is 9.09.